The average Bonchev–Trinajstić information content (AvgIpc) is 2.41. The predicted molar refractivity (Wildman–Crippen MR) is 79.6 cm³/mol. The zero-order chi connectivity index (χ0) is 13.7. The summed E-state index contributed by atoms with van der Waals surface area (Å²) < 4.78 is 5.71. The molecule has 0 atom stereocenters. The summed E-state index contributed by atoms with van der Waals surface area (Å²) in [5, 5.41) is 4.30. The highest BCUT2D eigenvalue weighted by Crippen LogP contribution is 2.32. The first kappa shape index (κ1) is 14.0. The Balaban J connectivity index is 2.16. The molecular formula is C14H14Cl2N2O. The fourth-order valence-corrected chi connectivity index (χ4v) is 1.82. The van der Waals surface area contributed by atoms with E-state index in [4.69, 9.17) is 27.9 Å². The lowest BCUT2D eigenvalue weighted by Gasteiger charge is -2.09. The molecule has 0 unspecified atom stereocenters. The Hall–Kier alpha value is -1.45. The first-order valence-corrected chi connectivity index (χ1v) is 6.77. The van der Waals surface area contributed by atoms with E-state index in [1.54, 1.807) is 30.5 Å². The van der Waals surface area contributed by atoms with Gasteiger partial charge in [-0.2, -0.15) is 0 Å². The summed E-state index contributed by atoms with van der Waals surface area (Å²) in [6.07, 6.45) is 2.72. The number of nitrogens with one attached hydrogen (secondary N) is 1. The van der Waals surface area contributed by atoms with Crippen molar-refractivity contribution < 1.29 is 4.74 Å². The minimum Gasteiger partial charge on any atom is -0.456 e. The van der Waals surface area contributed by atoms with E-state index in [0.29, 0.717) is 21.5 Å². The summed E-state index contributed by atoms with van der Waals surface area (Å²) in [6.45, 7) is 2.97. The molecule has 100 valence electrons. The molecule has 0 fully saturated rings. The largest absolute Gasteiger partial charge is 0.456 e. The smallest absolute Gasteiger partial charge is 0.147 e. The van der Waals surface area contributed by atoms with E-state index in [1.807, 2.05) is 6.07 Å². The van der Waals surface area contributed by atoms with Crippen LogP contribution in [-0.4, -0.2) is 11.5 Å². The Morgan fingerprint density at radius 3 is 2.84 bits per heavy atom. The van der Waals surface area contributed by atoms with Crippen LogP contribution in [0.2, 0.25) is 10.0 Å². The molecule has 2 rings (SSSR count). The van der Waals surface area contributed by atoms with Gasteiger partial charge < -0.3 is 10.1 Å². The number of nitrogens with zero attached hydrogens (tertiary/aromatic N) is 1. The van der Waals surface area contributed by atoms with E-state index < -0.39 is 0 Å². The van der Waals surface area contributed by atoms with E-state index >= 15 is 0 Å². The summed E-state index contributed by atoms with van der Waals surface area (Å²) >= 11 is 12.0. The normalized spacial score (nSPS) is 10.3. The van der Waals surface area contributed by atoms with Crippen molar-refractivity contribution in [2.24, 2.45) is 0 Å². The van der Waals surface area contributed by atoms with Crippen LogP contribution in [0.25, 0.3) is 0 Å². The van der Waals surface area contributed by atoms with Crippen LogP contribution in [0.3, 0.4) is 0 Å². The Kier molecular flexibility index (Phi) is 4.88. The number of hydrogen-bond donors (Lipinski definition) is 1. The highest BCUT2D eigenvalue weighted by molar-refractivity contribution is 6.34. The van der Waals surface area contributed by atoms with Crippen molar-refractivity contribution in [3.63, 3.8) is 0 Å². The van der Waals surface area contributed by atoms with Crippen LogP contribution in [0, 0.1) is 0 Å². The Labute approximate surface area is 122 Å². The van der Waals surface area contributed by atoms with Crippen molar-refractivity contribution in [3.8, 4) is 11.5 Å². The Morgan fingerprint density at radius 1 is 1.21 bits per heavy atom. The molecule has 1 heterocycles. The van der Waals surface area contributed by atoms with E-state index in [-0.39, 0.29) is 0 Å². The van der Waals surface area contributed by atoms with Crippen molar-refractivity contribution in [2.75, 3.05) is 11.9 Å². The van der Waals surface area contributed by atoms with Crippen LogP contribution in [-0.2, 0) is 0 Å². The third-order valence-corrected chi connectivity index (χ3v) is 2.96. The molecule has 0 saturated heterocycles. The lowest BCUT2D eigenvalue weighted by molar-refractivity contribution is 0.482. The van der Waals surface area contributed by atoms with Crippen molar-refractivity contribution in [3.05, 3.63) is 46.6 Å². The molecule has 1 N–H and O–H groups in total. The predicted octanol–water partition coefficient (Wildman–Crippen LogP) is 5.00. The van der Waals surface area contributed by atoms with Gasteiger partial charge in [-0.1, -0.05) is 30.1 Å². The number of anilines is 1. The lowest BCUT2D eigenvalue weighted by atomic mass is 10.3. The van der Waals surface area contributed by atoms with Crippen molar-refractivity contribution in [1.29, 1.82) is 0 Å². The van der Waals surface area contributed by atoms with E-state index in [9.17, 15) is 0 Å². The topological polar surface area (TPSA) is 34.1 Å². The molecule has 3 nitrogen and oxygen atoms in total. The fourth-order valence-electron chi connectivity index (χ4n) is 1.51. The minimum atomic E-state index is 0.518. The van der Waals surface area contributed by atoms with Gasteiger partial charge in [0.1, 0.15) is 17.3 Å². The second kappa shape index (κ2) is 6.64. The third-order valence-electron chi connectivity index (χ3n) is 2.41. The number of rotatable bonds is 5. The van der Waals surface area contributed by atoms with E-state index in [2.05, 4.69) is 17.2 Å². The Bertz CT molecular complexity index is 561. The number of aromatic nitrogens is 1. The minimum absolute atomic E-state index is 0.518. The zero-order valence-electron chi connectivity index (χ0n) is 10.5. The summed E-state index contributed by atoms with van der Waals surface area (Å²) in [4.78, 5) is 4.21. The molecule has 0 radical (unpaired) electrons. The maximum Gasteiger partial charge on any atom is 0.147 e. The zero-order valence-corrected chi connectivity index (χ0v) is 12.0. The van der Waals surface area contributed by atoms with Crippen LogP contribution in [0.15, 0.2) is 36.5 Å². The van der Waals surface area contributed by atoms with Gasteiger partial charge in [0.05, 0.1) is 5.02 Å². The van der Waals surface area contributed by atoms with E-state index in [0.717, 1.165) is 18.8 Å². The van der Waals surface area contributed by atoms with Gasteiger partial charge >= 0.3 is 0 Å². The van der Waals surface area contributed by atoms with Gasteiger partial charge in [-0.25, -0.2) is 4.98 Å². The highest BCUT2D eigenvalue weighted by atomic mass is 35.5. The molecule has 19 heavy (non-hydrogen) atoms. The first-order valence-electron chi connectivity index (χ1n) is 6.02. The standard InChI is InChI=1S/C14H14Cl2N2O/c1-2-6-17-14-9-11(5-7-18-14)19-13-8-10(15)3-4-12(13)16/h3-5,7-9H,2,6H2,1H3,(H,17,18). The van der Waals surface area contributed by atoms with Gasteiger partial charge in [0.2, 0.25) is 0 Å². The molecule has 0 aliphatic carbocycles. The van der Waals surface area contributed by atoms with Crippen molar-refractivity contribution in [1.82, 2.24) is 4.98 Å². The Morgan fingerprint density at radius 2 is 2.05 bits per heavy atom. The van der Waals surface area contributed by atoms with Crippen LogP contribution < -0.4 is 10.1 Å². The van der Waals surface area contributed by atoms with Gasteiger partial charge in [0, 0.05) is 29.9 Å². The first-order chi connectivity index (χ1) is 9.19. The quantitative estimate of drug-likeness (QED) is 0.843. The molecule has 0 amide bonds. The molecule has 5 heteroatoms. The maximum absolute atomic E-state index is 6.05. The van der Waals surface area contributed by atoms with Crippen LogP contribution in [0.1, 0.15) is 13.3 Å². The third kappa shape index (κ3) is 4.01. The summed E-state index contributed by atoms with van der Waals surface area (Å²) in [5.74, 6) is 1.97. The SMILES string of the molecule is CCCNc1cc(Oc2cc(Cl)ccc2Cl)ccn1. The van der Waals surface area contributed by atoms with Gasteiger partial charge in [0.15, 0.2) is 0 Å². The van der Waals surface area contributed by atoms with Crippen LogP contribution >= 0.6 is 23.2 Å². The molecule has 1 aromatic carbocycles. The molecule has 0 aliphatic rings. The molecule has 1 aromatic heterocycles. The lowest BCUT2D eigenvalue weighted by Crippen LogP contribution is -2.01. The van der Waals surface area contributed by atoms with Crippen molar-refractivity contribution in [2.45, 2.75) is 13.3 Å². The second-order valence-corrected chi connectivity index (χ2v) is 4.82. The van der Waals surface area contributed by atoms with E-state index in [1.165, 1.54) is 0 Å². The van der Waals surface area contributed by atoms with Gasteiger partial charge in [0.25, 0.3) is 0 Å². The maximum atomic E-state index is 6.05. The molecule has 0 aliphatic heterocycles. The van der Waals surface area contributed by atoms with Gasteiger partial charge in [-0.15, -0.1) is 0 Å². The fraction of sp³-hybridized carbons (Fsp3) is 0.214. The monoisotopic (exact) mass is 296 g/mol. The van der Waals surface area contributed by atoms with Crippen molar-refractivity contribution >= 4 is 29.0 Å². The molecule has 0 saturated carbocycles. The molecular weight excluding hydrogens is 283 g/mol. The second-order valence-electron chi connectivity index (χ2n) is 3.98. The van der Waals surface area contributed by atoms with Gasteiger partial charge in [-0.05, 0) is 24.6 Å². The number of benzene rings is 1. The number of pyridine rings is 1. The van der Waals surface area contributed by atoms with Crippen LogP contribution in [0.5, 0.6) is 11.5 Å². The average molecular weight is 297 g/mol. The summed E-state index contributed by atoms with van der Waals surface area (Å²) in [6, 6.07) is 8.71. The van der Waals surface area contributed by atoms with Gasteiger partial charge in [-0.3, -0.25) is 0 Å². The number of hydrogen-bond acceptors (Lipinski definition) is 3. The van der Waals surface area contributed by atoms with Crippen LogP contribution in [0.4, 0.5) is 5.82 Å². The number of ether oxygens (including phenoxy) is 1. The number of halogens is 2. The highest BCUT2D eigenvalue weighted by Gasteiger charge is 2.05. The molecule has 2 aromatic rings. The summed E-state index contributed by atoms with van der Waals surface area (Å²) in [5.41, 5.74) is 0. The summed E-state index contributed by atoms with van der Waals surface area (Å²) in [7, 11) is 0. The molecule has 0 bridgehead atoms. The molecule has 0 spiro atoms.